The van der Waals surface area contributed by atoms with Crippen LogP contribution in [0.15, 0.2) is 0 Å². The zero-order chi connectivity index (χ0) is 12.2. The van der Waals surface area contributed by atoms with Crippen LogP contribution >= 0.6 is 12.2 Å². The maximum absolute atomic E-state index is 5.26. The highest BCUT2D eigenvalue weighted by Gasteiger charge is 2.35. The summed E-state index contributed by atoms with van der Waals surface area (Å²) >= 11 is 5.26. The Morgan fingerprint density at radius 1 is 1.31 bits per heavy atom. The summed E-state index contributed by atoms with van der Waals surface area (Å²) in [6, 6.07) is 0.402. The molecule has 0 spiro atoms. The third-order valence-corrected chi connectivity index (χ3v) is 3.74. The van der Waals surface area contributed by atoms with E-state index in [1.165, 1.54) is 25.7 Å². The Labute approximate surface area is 105 Å². The fourth-order valence-corrected chi connectivity index (χ4v) is 2.68. The van der Waals surface area contributed by atoms with E-state index < -0.39 is 0 Å². The van der Waals surface area contributed by atoms with E-state index in [0.29, 0.717) is 11.6 Å². The molecule has 2 N–H and O–H groups in total. The van der Waals surface area contributed by atoms with E-state index in [4.69, 9.17) is 12.2 Å². The standard InChI is InChI=1S/C12H25N3S/c1-10(2)14-11(16)13-9-12(15(3)4)7-5-6-8-12/h10H,5-9H2,1-4H3,(H2,13,14,16). The van der Waals surface area contributed by atoms with Crippen molar-refractivity contribution in [3.05, 3.63) is 0 Å². The van der Waals surface area contributed by atoms with Crippen LogP contribution in [-0.2, 0) is 0 Å². The van der Waals surface area contributed by atoms with Crippen molar-refractivity contribution in [2.45, 2.75) is 51.1 Å². The lowest BCUT2D eigenvalue weighted by molar-refractivity contribution is 0.160. The third-order valence-electron chi connectivity index (χ3n) is 3.48. The summed E-state index contributed by atoms with van der Waals surface area (Å²) in [6.07, 6.45) is 5.23. The lowest BCUT2D eigenvalue weighted by Gasteiger charge is -2.37. The van der Waals surface area contributed by atoms with Crippen molar-refractivity contribution in [3.8, 4) is 0 Å². The van der Waals surface area contributed by atoms with Gasteiger partial charge in [0.2, 0.25) is 0 Å². The summed E-state index contributed by atoms with van der Waals surface area (Å²) < 4.78 is 0. The molecule has 1 aliphatic carbocycles. The summed E-state index contributed by atoms with van der Waals surface area (Å²) in [4.78, 5) is 2.35. The molecule has 0 unspecified atom stereocenters. The van der Waals surface area contributed by atoms with Crippen molar-refractivity contribution in [3.63, 3.8) is 0 Å². The molecule has 1 saturated carbocycles. The van der Waals surface area contributed by atoms with Gasteiger partial charge >= 0.3 is 0 Å². The molecule has 0 aliphatic heterocycles. The number of nitrogens with one attached hydrogen (secondary N) is 2. The number of hydrogen-bond donors (Lipinski definition) is 2. The maximum Gasteiger partial charge on any atom is 0.166 e. The summed E-state index contributed by atoms with van der Waals surface area (Å²) in [5, 5.41) is 7.36. The molecule has 0 aromatic heterocycles. The lowest BCUT2D eigenvalue weighted by atomic mass is 9.96. The molecule has 1 fully saturated rings. The van der Waals surface area contributed by atoms with E-state index in [1.807, 2.05) is 0 Å². The second-order valence-electron chi connectivity index (χ2n) is 5.31. The molecule has 0 atom stereocenters. The van der Waals surface area contributed by atoms with Gasteiger partial charge < -0.3 is 15.5 Å². The maximum atomic E-state index is 5.26. The van der Waals surface area contributed by atoms with Gasteiger partial charge in [-0.1, -0.05) is 12.8 Å². The first kappa shape index (κ1) is 13.7. The molecule has 3 nitrogen and oxygen atoms in total. The average molecular weight is 243 g/mol. The Kier molecular flexibility index (Phi) is 4.99. The van der Waals surface area contributed by atoms with Crippen LogP contribution in [0.2, 0.25) is 0 Å². The lowest BCUT2D eigenvalue weighted by Crippen LogP contribution is -2.53. The van der Waals surface area contributed by atoms with Crippen molar-refractivity contribution in [2.75, 3.05) is 20.6 Å². The highest BCUT2D eigenvalue weighted by Crippen LogP contribution is 2.32. The van der Waals surface area contributed by atoms with Crippen molar-refractivity contribution in [1.29, 1.82) is 0 Å². The number of rotatable bonds is 4. The second-order valence-corrected chi connectivity index (χ2v) is 5.72. The first-order valence-corrected chi connectivity index (χ1v) is 6.59. The van der Waals surface area contributed by atoms with Crippen LogP contribution in [-0.4, -0.2) is 42.2 Å². The molecule has 0 heterocycles. The van der Waals surface area contributed by atoms with Crippen LogP contribution in [0.1, 0.15) is 39.5 Å². The fourth-order valence-electron chi connectivity index (χ4n) is 2.37. The summed E-state index contributed by atoms with van der Waals surface area (Å²) in [6.45, 7) is 5.16. The van der Waals surface area contributed by atoms with Crippen LogP contribution < -0.4 is 10.6 Å². The summed E-state index contributed by atoms with van der Waals surface area (Å²) in [5.74, 6) is 0. The third kappa shape index (κ3) is 3.59. The van der Waals surface area contributed by atoms with E-state index in [1.54, 1.807) is 0 Å². The Bertz CT molecular complexity index is 232. The minimum absolute atomic E-state index is 0.308. The van der Waals surface area contributed by atoms with Crippen molar-refractivity contribution >= 4 is 17.3 Å². The van der Waals surface area contributed by atoms with Gasteiger partial charge in [0.1, 0.15) is 0 Å². The molecule has 4 heteroatoms. The Morgan fingerprint density at radius 2 is 1.88 bits per heavy atom. The van der Waals surface area contributed by atoms with Crippen LogP contribution in [0.3, 0.4) is 0 Å². The molecule has 0 radical (unpaired) electrons. The van der Waals surface area contributed by atoms with Gasteiger partial charge in [-0.2, -0.15) is 0 Å². The molecule has 0 aromatic rings. The summed E-state index contributed by atoms with van der Waals surface area (Å²) in [5.41, 5.74) is 0.308. The largest absolute Gasteiger partial charge is 0.361 e. The van der Waals surface area contributed by atoms with E-state index in [0.717, 1.165) is 11.7 Å². The SMILES string of the molecule is CC(C)NC(=S)NCC1(N(C)C)CCCC1. The molecule has 1 aliphatic rings. The molecule has 0 amide bonds. The van der Waals surface area contributed by atoms with E-state index in [2.05, 4.69) is 43.5 Å². The van der Waals surface area contributed by atoms with Crippen LogP contribution in [0, 0.1) is 0 Å². The second kappa shape index (κ2) is 5.82. The predicted octanol–water partition coefficient (Wildman–Crippen LogP) is 1.73. The van der Waals surface area contributed by atoms with Gasteiger partial charge in [-0.15, -0.1) is 0 Å². The van der Waals surface area contributed by atoms with Gasteiger partial charge in [0, 0.05) is 18.1 Å². The smallest absolute Gasteiger partial charge is 0.166 e. The molecular weight excluding hydrogens is 218 g/mol. The Morgan fingerprint density at radius 3 is 2.31 bits per heavy atom. The number of nitrogens with zero attached hydrogens (tertiary/aromatic N) is 1. The van der Waals surface area contributed by atoms with Gasteiger partial charge in [-0.05, 0) is 53.0 Å². The topological polar surface area (TPSA) is 27.3 Å². The first-order chi connectivity index (χ1) is 7.46. The molecule has 16 heavy (non-hydrogen) atoms. The van der Waals surface area contributed by atoms with E-state index in [9.17, 15) is 0 Å². The number of thiocarbonyl (C=S) groups is 1. The Hall–Kier alpha value is -0.350. The van der Waals surface area contributed by atoms with E-state index in [-0.39, 0.29) is 0 Å². The van der Waals surface area contributed by atoms with Gasteiger partial charge in [0.25, 0.3) is 0 Å². The molecule has 0 bridgehead atoms. The van der Waals surface area contributed by atoms with Crippen molar-refractivity contribution < 1.29 is 0 Å². The highest BCUT2D eigenvalue weighted by molar-refractivity contribution is 7.80. The Balaban J connectivity index is 2.42. The zero-order valence-corrected chi connectivity index (χ0v) is 11.8. The van der Waals surface area contributed by atoms with Gasteiger partial charge in [0.15, 0.2) is 5.11 Å². The molecule has 0 aromatic carbocycles. The number of likely N-dealkylation sites (N-methyl/N-ethyl adjacent to an activating group) is 1. The van der Waals surface area contributed by atoms with E-state index >= 15 is 0 Å². The van der Waals surface area contributed by atoms with Gasteiger partial charge in [-0.25, -0.2) is 0 Å². The van der Waals surface area contributed by atoms with Crippen LogP contribution in [0.4, 0.5) is 0 Å². The van der Waals surface area contributed by atoms with Crippen LogP contribution in [0.25, 0.3) is 0 Å². The molecule has 1 rings (SSSR count). The summed E-state index contributed by atoms with van der Waals surface area (Å²) in [7, 11) is 4.35. The highest BCUT2D eigenvalue weighted by atomic mass is 32.1. The van der Waals surface area contributed by atoms with Crippen molar-refractivity contribution in [2.24, 2.45) is 0 Å². The van der Waals surface area contributed by atoms with Crippen molar-refractivity contribution in [1.82, 2.24) is 15.5 Å². The first-order valence-electron chi connectivity index (χ1n) is 6.18. The zero-order valence-electron chi connectivity index (χ0n) is 11.0. The quantitative estimate of drug-likeness (QED) is 0.736. The molecule has 0 saturated heterocycles. The normalized spacial score (nSPS) is 19.1. The fraction of sp³-hybridized carbons (Fsp3) is 0.917. The predicted molar refractivity (Wildman–Crippen MR) is 73.8 cm³/mol. The monoisotopic (exact) mass is 243 g/mol. The van der Waals surface area contributed by atoms with Gasteiger partial charge in [-0.3, -0.25) is 0 Å². The van der Waals surface area contributed by atoms with Gasteiger partial charge in [0.05, 0.1) is 0 Å². The minimum atomic E-state index is 0.308. The average Bonchev–Trinajstić information content (AvgIpc) is 2.63. The van der Waals surface area contributed by atoms with Crippen LogP contribution in [0.5, 0.6) is 0 Å². The number of hydrogen-bond acceptors (Lipinski definition) is 2. The molecular formula is C12H25N3S. The minimum Gasteiger partial charge on any atom is -0.361 e. The molecule has 94 valence electrons.